The molecule has 3 heteroatoms. The monoisotopic (exact) mass is 242 g/mol. The molecule has 0 spiro atoms. The third-order valence-electron chi connectivity index (χ3n) is 3.82. The highest BCUT2D eigenvalue weighted by molar-refractivity contribution is 7.99. The Labute approximate surface area is 105 Å². The van der Waals surface area contributed by atoms with E-state index >= 15 is 0 Å². The van der Waals surface area contributed by atoms with Gasteiger partial charge in [-0.1, -0.05) is 19.8 Å². The molecular formula is C13H26N2S. The fourth-order valence-electron chi connectivity index (χ4n) is 2.98. The Kier molecular flexibility index (Phi) is 5.46. The molecule has 94 valence electrons. The highest BCUT2D eigenvalue weighted by Crippen LogP contribution is 2.21. The van der Waals surface area contributed by atoms with Gasteiger partial charge in [-0.3, -0.25) is 4.90 Å². The van der Waals surface area contributed by atoms with Crippen LogP contribution in [0.1, 0.15) is 39.0 Å². The van der Waals surface area contributed by atoms with Crippen LogP contribution in [-0.4, -0.2) is 48.1 Å². The van der Waals surface area contributed by atoms with Crippen LogP contribution >= 0.6 is 11.8 Å². The van der Waals surface area contributed by atoms with E-state index in [0.29, 0.717) is 0 Å². The lowest BCUT2D eigenvalue weighted by Gasteiger charge is -2.39. The molecule has 2 aliphatic rings. The average Bonchev–Trinajstić information content (AvgIpc) is 2.33. The Bertz CT molecular complexity index is 190. The van der Waals surface area contributed by atoms with Crippen molar-refractivity contribution < 1.29 is 0 Å². The maximum absolute atomic E-state index is 3.67. The van der Waals surface area contributed by atoms with Gasteiger partial charge >= 0.3 is 0 Å². The quantitative estimate of drug-likeness (QED) is 0.815. The van der Waals surface area contributed by atoms with Gasteiger partial charge in [-0.15, -0.1) is 0 Å². The Morgan fingerprint density at radius 1 is 1.38 bits per heavy atom. The molecule has 0 amide bonds. The van der Waals surface area contributed by atoms with Crippen molar-refractivity contribution in [2.45, 2.75) is 51.1 Å². The van der Waals surface area contributed by atoms with Crippen molar-refractivity contribution in [2.24, 2.45) is 0 Å². The van der Waals surface area contributed by atoms with Crippen LogP contribution in [0.4, 0.5) is 0 Å². The smallest absolute Gasteiger partial charge is 0.0286 e. The molecule has 16 heavy (non-hydrogen) atoms. The molecule has 2 fully saturated rings. The zero-order valence-electron chi connectivity index (χ0n) is 10.6. The van der Waals surface area contributed by atoms with Crippen LogP contribution in [0, 0.1) is 0 Å². The number of hydrogen-bond acceptors (Lipinski definition) is 3. The Morgan fingerprint density at radius 2 is 2.31 bits per heavy atom. The number of thioether (sulfide) groups is 1. The van der Waals surface area contributed by atoms with Gasteiger partial charge in [0.15, 0.2) is 0 Å². The molecule has 0 aromatic heterocycles. The summed E-state index contributed by atoms with van der Waals surface area (Å²) >= 11 is 2.12. The first-order chi connectivity index (χ1) is 7.90. The van der Waals surface area contributed by atoms with Crippen molar-refractivity contribution in [2.75, 3.05) is 31.1 Å². The third-order valence-corrected chi connectivity index (χ3v) is 4.96. The molecule has 2 aliphatic heterocycles. The summed E-state index contributed by atoms with van der Waals surface area (Å²) in [5.74, 6) is 2.62. The van der Waals surface area contributed by atoms with E-state index in [1.807, 2.05) is 0 Å². The zero-order chi connectivity index (χ0) is 11.2. The third kappa shape index (κ3) is 3.64. The second-order valence-corrected chi connectivity index (χ2v) is 6.31. The van der Waals surface area contributed by atoms with Crippen LogP contribution in [0.25, 0.3) is 0 Å². The Balaban J connectivity index is 1.80. The standard InChI is InChI=1S/C13H26N2S/c1-2-5-13-6-3-4-8-15(13)10-12-11-16-9-7-14-12/h12-14H,2-11H2,1H3. The maximum atomic E-state index is 3.67. The molecule has 2 rings (SSSR count). The van der Waals surface area contributed by atoms with Gasteiger partial charge in [-0.25, -0.2) is 0 Å². The van der Waals surface area contributed by atoms with Crippen LogP contribution in [0.15, 0.2) is 0 Å². The van der Waals surface area contributed by atoms with Crippen molar-refractivity contribution >= 4 is 11.8 Å². The van der Waals surface area contributed by atoms with E-state index in [-0.39, 0.29) is 0 Å². The van der Waals surface area contributed by atoms with Crippen LogP contribution in [0.2, 0.25) is 0 Å². The predicted octanol–water partition coefficient (Wildman–Crippen LogP) is 2.35. The van der Waals surface area contributed by atoms with Crippen LogP contribution < -0.4 is 5.32 Å². The summed E-state index contributed by atoms with van der Waals surface area (Å²) in [5.41, 5.74) is 0. The minimum Gasteiger partial charge on any atom is -0.311 e. The molecule has 0 aromatic rings. The van der Waals surface area contributed by atoms with Crippen molar-refractivity contribution in [1.82, 2.24) is 10.2 Å². The fourth-order valence-corrected chi connectivity index (χ4v) is 3.92. The van der Waals surface area contributed by atoms with Gasteiger partial charge in [0.2, 0.25) is 0 Å². The first-order valence-corrected chi connectivity index (χ1v) is 8.11. The van der Waals surface area contributed by atoms with E-state index in [1.165, 1.54) is 63.2 Å². The van der Waals surface area contributed by atoms with E-state index in [4.69, 9.17) is 0 Å². The Morgan fingerprint density at radius 3 is 3.06 bits per heavy atom. The van der Waals surface area contributed by atoms with Crippen LogP contribution in [-0.2, 0) is 0 Å². The number of nitrogens with one attached hydrogen (secondary N) is 1. The predicted molar refractivity (Wildman–Crippen MR) is 73.2 cm³/mol. The number of rotatable bonds is 4. The summed E-state index contributed by atoms with van der Waals surface area (Å²) in [6.45, 7) is 6.16. The number of piperidine rings is 1. The van der Waals surface area contributed by atoms with Gasteiger partial charge < -0.3 is 5.32 Å². The van der Waals surface area contributed by atoms with Crippen molar-refractivity contribution in [3.05, 3.63) is 0 Å². The topological polar surface area (TPSA) is 15.3 Å². The lowest BCUT2D eigenvalue weighted by atomic mass is 9.97. The maximum Gasteiger partial charge on any atom is 0.0286 e. The molecule has 2 unspecified atom stereocenters. The molecule has 0 aliphatic carbocycles. The minimum absolute atomic E-state index is 0.746. The largest absolute Gasteiger partial charge is 0.311 e. The molecule has 0 radical (unpaired) electrons. The molecule has 1 N–H and O–H groups in total. The normalized spacial score (nSPS) is 32.8. The van der Waals surface area contributed by atoms with E-state index in [0.717, 1.165) is 12.1 Å². The summed E-state index contributed by atoms with van der Waals surface area (Å²) in [6.07, 6.45) is 7.05. The molecule has 2 heterocycles. The Hall–Kier alpha value is 0.270. The number of nitrogens with zero attached hydrogens (tertiary/aromatic N) is 1. The van der Waals surface area contributed by atoms with Crippen LogP contribution in [0.3, 0.4) is 0 Å². The summed E-state index contributed by atoms with van der Waals surface area (Å²) in [5, 5.41) is 3.67. The molecule has 0 saturated carbocycles. The summed E-state index contributed by atoms with van der Waals surface area (Å²) in [7, 11) is 0. The van der Waals surface area contributed by atoms with Crippen molar-refractivity contribution in [3.8, 4) is 0 Å². The fraction of sp³-hybridized carbons (Fsp3) is 1.00. The molecule has 2 nitrogen and oxygen atoms in total. The van der Waals surface area contributed by atoms with Gasteiger partial charge in [-0.2, -0.15) is 11.8 Å². The van der Waals surface area contributed by atoms with Gasteiger partial charge in [0, 0.05) is 36.7 Å². The van der Waals surface area contributed by atoms with Gasteiger partial charge in [0.05, 0.1) is 0 Å². The van der Waals surface area contributed by atoms with E-state index in [2.05, 4.69) is 28.9 Å². The second kappa shape index (κ2) is 6.87. The highest BCUT2D eigenvalue weighted by Gasteiger charge is 2.24. The van der Waals surface area contributed by atoms with E-state index in [1.54, 1.807) is 0 Å². The van der Waals surface area contributed by atoms with E-state index < -0.39 is 0 Å². The average molecular weight is 242 g/mol. The van der Waals surface area contributed by atoms with Gasteiger partial charge in [-0.05, 0) is 25.8 Å². The first kappa shape index (κ1) is 12.7. The second-order valence-electron chi connectivity index (χ2n) is 5.16. The minimum atomic E-state index is 0.746. The molecular weight excluding hydrogens is 216 g/mol. The highest BCUT2D eigenvalue weighted by atomic mass is 32.2. The van der Waals surface area contributed by atoms with E-state index in [9.17, 15) is 0 Å². The SMILES string of the molecule is CCCC1CCCCN1CC1CSCCN1. The number of hydrogen-bond donors (Lipinski definition) is 1. The first-order valence-electron chi connectivity index (χ1n) is 6.95. The van der Waals surface area contributed by atoms with Gasteiger partial charge in [0.25, 0.3) is 0 Å². The van der Waals surface area contributed by atoms with Crippen molar-refractivity contribution in [1.29, 1.82) is 0 Å². The number of likely N-dealkylation sites (tertiary alicyclic amines) is 1. The van der Waals surface area contributed by atoms with Crippen molar-refractivity contribution in [3.63, 3.8) is 0 Å². The zero-order valence-corrected chi connectivity index (χ0v) is 11.4. The molecule has 0 bridgehead atoms. The van der Waals surface area contributed by atoms with Crippen LogP contribution in [0.5, 0.6) is 0 Å². The molecule has 0 aromatic carbocycles. The molecule has 2 saturated heterocycles. The van der Waals surface area contributed by atoms with Gasteiger partial charge in [0.1, 0.15) is 0 Å². The molecule has 2 atom stereocenters. The lowest BCUT2D eigenvalue weighted by Crippen LogP contribution is -2.50. The summed E-state index contributed by atoms with van der Waals surface area (Å²) in [6, 6.07) is 1.63. The summed E-state index contributed by atoms with van der Waals surface area (Å²) in [4.78, 5) is 2.76. The summed E-state index contributed by atoms with van der Waals surface area (Å²) < 4.78 is 0. The lowest BCUT2D eigenvalue weighted by molar-refractivity contribution is 0.128.